The highest BCUT2D eigenvalue weighted by molar-refractivity contribution is 6.42. The molecule has 0 unspecified atom stereocenters. The highest BCUT2D eigenvalue weighted by atomic mass is 35.5. The quantitative estimate of drug-likeness (QED) is 0.669. The fraction of sp³-hybridized carbons (Fsp3) is 0.278. The number of hydrogen-bond acceptors (Lipinski definition) is 2. The molecule has 0 saturated heterocycles. The van der Waals surface area contributed by atoms with E-state index in [-0.39, 0.29) is 5.91 Å². The molecule has 5 heteroatoms. The van der Waals surface area contributed by atoms with Gasteiger partial charge in [0.2, 0.25) is 5.91 Å². The summed E-state index contributed by atoms with van der Waals surface area (Å²) in [5.74, 6) is 0.900. The van der Waals surface area contributed by atoms with Crippen LogP contribution in [-0.4, -0.2) is 24.5 Å². The maximum Gasteiger partial charge on any atom is 0.222 e. The van der Waals surface area contributed by atoms with E-state index in [2.05, 4.69) is 0 Å². The van der Waals surface area contributed by atoms with Crippen molar-refractivity contribution in [3.8, 4) is 5.75 Å². The molecule has 0 aliphatic heterocycles. The zero-order valence-electron chi connectivity index (χ0n) is 13.0. The average molecular weight is 352 g/mol. The SMILES string of the molecule is CN(Cc1ccc(Cl)c(Cl)c1)C(=O)CCCOc1ccccc1. The summed E-state index contributed by atoms with van der Waals surface area (Å²) in [6.07, 6.45) is 1.13. The number of para-hydroxylation sites is 1. The van der Waals surface area contributed by atoms with E-state index < -0.39 is 0 Å². The largest absolute Gasteiger partial charge is 0.494 e. The molecule has 0 spiro atoms. The van der Waals surface area contributed by atoms with Crippen molar-refractivity contribution in [2.24, 2.45) is 0 Å². The maximum atomic E-state index is 12.1. The van der Waals surface area contributed by atoms with Crippen LogP contribution >= 0.6 is 23.2 Å². The summed E-state index contributed by atoms with van der Waals surface area (Å²) >= 11 is 11.9. The highest BCUT2D eigenvalue weighted by Crippen LogP contribution is 2.23. The maximum absolute atomic E-state index is 12.1. The number of ether oxygens (including phenoxy) is 1. The minimum Gasteiger partial charge on any atom is -0.494 e. The number of nitrogens with zero attached hydrogens (tertiary/aromatic N) is 1. The molecule has 0 saturated carbocycles. The fourth-order valence-corrected chi connectivity index (χ4v) is 2.44. The molecule has 23 heavy (non-hydrogen) atoms. The van der Waals surface area contributed by atoms with E-state index in [1.165, 1.54) is 0 Å². The van der Waals surface area contributed by atoms with E-state index >= 15 is 0 Å². The van der Waals surface area contributed by atoms with Gasteiger partial charge in [-0.1, -0.05) is 47.5 Å². The lowest BCUT2D eigenvalue weighted by Crippen LogP contribution is -2.26. The van der Waals surface area contributed by atoms with E-state index in [1.54, 1.807) is 24.1 Å². The lowest BCUT2D eigenvalue weighted by molar-refractivity contribution is -0.130. The van der Waals surface area contributed by atoms with Crippen LogP contribution < -0.4 is 4.74 Å². The van der Waals surface area contributed by atoms with Crippen molar-refractivity contribution < 1.29 is 9.53 Å². The Labute approximate surface area is 146 Å². The lowest BCUT2D eigenvalue weighted by Gasteiger charge is -2.17. The Bertz CT molecular complexity index is 647. The number of carbonyl (C=O) groups is 1. The molecule has 0 N–H and O–H groups in total. The number of carbonyl (C=O) groups excluding carboxylic acids is 1. The summed E-state index contributed by atoms with van der Waals surface area (Å²) in [5.41, 5.74) is 0.954. The van der Waals surface area contributed by atoms with Gasteiger partial charge >= 0.3 is 0 Å². The van der Waals surface area contributed by atoms with Gasteiger partial charge in [0.15, 0.2) is 0 Å². The molecule has 1 amide bonds. The minimum absolute atomic E-state index is 0.0766. The van der Waals surface area contributed by atoms with Crippen LogP contribution in [0.5, 0.6) is 5.75 Å². The first kappa shape index (κ1) is 17.6. The second kappa shape index (κ2) is 8.80. The molecular weight excluding hydrogens is 333 g/mol. The summed E-state index contributed by atoms with van der Waals surface area (Å²) in [6.45, 7) is 1.03. The number of hydrogen-bond donors (Lipinski definition) is 0. The minimum atomic E-state index is 0.0766. The first-order valence-electron chi connectivity index (χ1n) is 7.42. The molecule has 2 rings (SSSR count). The van der Waals surface area contributed by atoms with Crippen LogP contribution in [0.3, 0.4) is 0 Å². The molecule has 0 aromatic heterocycles. The van der Waals surface area contributed by atoms with E-state index in [1.807, 2.05) is 36.4 Å². The van der Waals surface area contributed by atoms with Gasteiger partial charge in [-0.2, -0.15) is 0 Å². The lowest BCUT2D eigenvalue weighted by atomic mass is 10.2. The predicted molar refractivity (Wildman–Crippen MR) is 94.1 cm³/mol. The van der Waals surface area contributed by atoms with Gasteiger partial charge in [0.05, 0.1) is 16.7 Å². The molecular formula is C18H19Cl2NO2. The van der Waals surface area contributed by atoms with Crippen LogP contribution in [0.4, 0.5) is 0 Å². The zero-order valence-corrected chi connectivity index (χ0v) is 14.5. The molecule has 122 valence electrons. The topological polar surface area (TPSA) is 29.5 Å². The van der Waals surface area contributed by atoms with Gasteiger partial charge < -0.3 is 9.64 Å². The summed E-state index contributed by atoms with van der Waals surface area (Å²) in [5, 5.41) is 1.02. The van der Waals surface area contributed by atoms with Crippen LogP contribution in [0.25, 0.3) is 0 Å². The van der Waals surface area contributed by atoms with Crippen LogP contribution in [-0.2, 0) is 11.3 Å². The molecule has 2 aromatic carbocycles. The van der Waals surface area contributed by atoms with Crippen LogP contribution in [0, 0.1) is 0 Å². The van der Waals surface area contributed by atoms with Crippen molar-refractivity contribution in [2.45, 2.75) is 19.4 Å². The first-order valence-corrected chi connectivity index (χ1v) is 8.17. The third-order valence-corrected chi connectivity index (χ3v) is 4.12. The van der Waals surface area contributed by atoms with Crippen molar-refractivity contribution >= 4 is 29.1 Å². The van der Waals surface area contributed by atoms with Gasteiger partial charge in [0.25, 0.3) is 0 Å². The summed E-state index contributed by atoms with van der Waals surface area (Å²) in [7, 11) is 1.78. The molecule has 0 fully saturated rings. The number of amides is 1. The van der Waals surface area contributed by atoms with Gasteiger partial charge in [-0.25, -0.2) is 0 Å². The monoisotopic (exact) mass is 351 g/mol. The Morgan fingerprint density at radius 2 is 1.83 bits per heavy atom. The van der Waals surface area contributed by atoms with Crippen LogP contribution in [0.2, 0.25) is 10.0 Å². The van der Waals surface area contributed by atoms with Gasteiger partial charge in [-0.05, 0) is 36.2 Å². The van der Waals surface area contributed by atoms with Gasteiger partial charge in [-0.3, -0.25) is 4.79 Å². The zero-order chi connectivity index (χ0) is 16.7. The molecule has 0 aliphatic rings. The number of rotatable bonds is 7. The van der Waals surface area contributed by atoms with Crippen molar-refractivity contribution in [1.82, 2.24) is 4.90 Å². The summed E-state index contributed by atoms with van der Waals surface area (Å²) in [4.78, 5) is 13.8. The van der Waals surface area contributed by atoms with E-state index in [4.69, 9.17) is 27.9 Å². The van der Waals surface area contributed by atoms with E-state index in [0.29, 0.717) is 36.0 Å². The highest BCUT2D eigenvalue weighted by Gasteiger charge is 2.10. The fourth-order valence-electron chi connectivity index (χ4n) is 2.12. The number of benzene rings is 2. The van der Waals surface area contributed by atoms with Crippen LogP contribution in [0.15, 0.2) is 48.5 Å². The summed E-state index contributed by atoms with van der Waals surface area (Å²) in [6, 6.07) is 15.0. The van der Waals surface area contributed by atoms with Crippen molar-refractivity contribution in [2.75, 3.05) is 13.7 Å². The Morgan fingerprint density at radius 1 is 1.09 bits per heavy atom. The average Bonchev–Trinajstić information content (AvgIpc) is 2.55. The molecule has 3 nitrogen and oxygen atoms in total. The van der Waals surface area contributed by atoms with Crippen molar-refractivity contribution in [3.05, 3.63) is 64.1 Å². The molecule has 0 bridgehead atoms. The molecule has 0 aliphatic carbocycles. The third kappa shape index (κ3) is 5.77. The predicted octanol–water partition coefficient (Wildman–Crippen LogP) is 4.81. The van der Waals surface area contributed by atoms with E-state index in [0.717, 1.165) is 11.3 Å². The van der Waals surface area contributed by atoms with Gasteiger partial charge in [-0.15, -0.1) is 0 Å². The second-order valence-electron chi connectivity index (χ2n) is 5.26. The van der Waals surface area contributed by atoms with Crippen molar-refractivity contribution in [1.29, 1.82) is 0 Å². The normalized spacial score (nSPS) is 10.4. The number of halogens is 2. The molecule has 0 heterocycles. The van der Waals surface area contributed by atoms with Gasteiger partial charge in [0.1, 0.15) is 5.75 Å². The van der Waals surface area contributed by atoms with Gasteiger partial charge in [0, 0.05) is 20.0 Å². The van der Waals surface area contributed by atoms with Crippen molar-refractivity contribution in [3.63, 3.8) is 0 Å². The third-order valence-electron chi connectivity index (χ3n) is 3.38. The molecule has 0 atom stereocenters. The Hall–Kier alpha value is -1.71. The van der Waals surface area contributed by atoms with Crippen LogP contribution in [0.1, 0.15) is 18.4 Å². The molecule has 0 radical (unpaired) electrons. The Balaban J connectivity index is 1.73. The second-order valence-corrected chi connectivity index (χ2v) is 6.08. The first-order chi connectivity index (χ1) is 11.1. The smallest absolute Gasteiger partial charge is 0.222 e. The Kier molecular flexibility index (Phi) is 6.75. The Morgan fingerprint density at radius 3 is 2.52 bits per heavy atom. The standard InChI is InChI=1S/C18H19Cl2NO2/c1-21(13-14-9-10-16(19)17(20)12-14)18(22)8-5-11-23-15-6-3-2-4-7-15/h2-4,6-7,9-10,12H,5,8,11,13H2,1H3. The van der Waals surface area contributed by atoms with E-state index in [9.17, 15) is 4.79 Å². The molecule has 2 aromatic rings. The summed E-state index contributed by atoms with van der Waals surface area (Å²) < 4.78 is 5.58.